The van der Waals surface area contributed by atoms with Gasteiger partial charge in [0, 0.05) is 12.6 Å². The molecule has 2 atom stereocenters. The van der Waals surface area contributed by atoms with Crippen molar-refractivity contribution in [3.05, 3.63) is 52.2 Å². The van der Waals surface area contributed by atoms with E-state index in [4.69, 9.17) is 5.11 Å². The fourth-order valence-corrected chi connectivity index (χ4v) is 3.25. The summed E-state index contributed by atoms with van der Waals surface area (Å²) in [6.07, 6.45) is -0.0136. The molecule has 1 heterocycles. The van der Waals surface area contributed by atoms with Crippen LogP contribution in [0.25, 0.3) is 0 Å². The Kier molecular flexibility index (Phi) is 7.28. The van der Waals surface area contributed by atoms with E-state index in [1.54, 1.807) is 35.6 Å². The van der Waals surface area contributed by atoms with E-state index in [2.05, 4.69) is 16.0 Å². The zero-order valence-electron chi connectivity index (χ0n) is 14.4. The van der Waals surface area contributed by atoms with Gasteiger partial charge in [0.25, 0.3) is 0 Å². The third-order valence-corrected chi connectivity index (χ3v) is 4.49. The molecule has 0 saturated carbocycles. The van der Waals surface area contributed by atoms with Gasteiger partial charge >= 0.3 is 12.1 Å². The maximum Gasteiger partial charge on any atom is 0.404 e. The highest BCUT2D eigenvalue weighted by molar-refractivity contribution is 7.07. The van der Waals surface area contributed by atoms with Crippen LogP contribution in [0.15, 0.2) is 41.1 Å². The lowest BCUT2D eigenvalue weighted by Crippen LogP contribution is -2.48. The van der Waals surface area contributed by atoms with E-state index >= 15 is 0 Å². The van der Waals surface area contributed by atoms with E-state index in [9.17, 15) is 14.7 Å². The summed E-state index contributed by atoms with van der Waals surface area (Å²) in [5.74, 6) is 0.147. The van der Waals surface area contributed by atoms with Crippen LogP contribution in [-0.4, -0.2) is 41.0 Å². The summed E-state index contributed by atoms with van der Waals surface area (Å²) in [6.45, 7) is 2.07. The van der Waals surface area contributed by atoms with Gasteiger partial charge < -0.3 is 26.2 Å². The number of aromatic hydroxyl groups is 1. The second-order valence-electron chi connectivity index (χ2n) is 6.11. The van der Waals surface area contributed by atoms with Crippen LogP contribution < -0.4 is 16.0 Å². The highest BCUT2D eigenvalue weighted by Gasteiger charge is 2.15. The quantitative estimate of drug-likeness (QED) is 0.487. The van der Waals surface area contributed by atoms with Crippen LogP contribution in [0.3, 0.4) is 0 Å². The molecule has 0 aliphatic rings. The number of carbonyl (C=O) groups excluding carboxylic acids is 1. The Morgan fingerprint density at radius 1 is 1.08 bits per heavy atom. The highest BCUT2D eigenvalue weighted by Crippen LogP contribution is 2.11. The molecule has 1 aromatic carbocycles. The van der Waals surface area contributed by atoms with Gasteiger partial charge in [-0.1, -0.05) is 12.1 Å². The Hall–Kier alpha value is -2.74. The number of thiophene rings is 1. The van der Waals surface area contributed by atoms with Crippen LogP contribution in [0, 0.1) is 0 Å². The third kappa shape index (κ3) is 7.02. The Bertz CT molecular complexity index is 704. The van der Waals surface area contributed by atoms with Crippen molar-refractivity contribution in [3.8, 4) is 5.75 Å². The summed E-state index contributed by atoms with van der Waals surface area (Å²) in [7, 11) is 0. The predicted molar refractivity (Wildman–Crippen MR) is 101 cm³/mol. The normalized spacial score (nSPS) is 12.8. The molecule has 2 aromatic rings. The van der Waals surface area contributed by atoms with Gasteiger partial charge in [-0.05, 0) is 59.9 Å². The van der Waals surface area contributed by atoms with Gasteiger partial charge in [-0.15, -0.1) is 0 Å². The molecule has 7 nitrogen and oxygen atoms in total. The second kappa shape index (κ2) is 9.67. The molecule has 0 saturated heterocycles. The maximum atomic E-state index is 12.0. The first-order valence-corrected chi connectivity index (χ1v) is 9.19. The number of urea groups is 1. The highest BCUT2D eigenvalue weighted by atomic mass is 32.1. The van der Waals surface area contributed by atoms with E-state index in [0.717, 1.165) is 12.0 Å². The van der Waals surface area contributed by atoms with Crippen LogP contribution in [-0.2, 0) is 12.8 Å². The first kappa shape index (κ1) is 19.6. The van der Waals surface area contributed by atoms with Crippen molar-refractivity contribution in [2.75, 3.05) is 6.54 Å². The van der Waals surface area contributed by atoms with Crippen molar-refractivity contribution < 1.29 is 19.8 Å². The summed E-state index contributed by atoms with van der Waals surface area (Å²) < 4.78 is 0. The lowest BCUT2D eigenvalue weighted by atomic mass is 10.1. The van der Waals surface area contributed by atoms with E-state index in [-0.39, 0.29) is 24.4 Å². The zero-order valence-corrected chi connectivity index (χ0v) is 15.3. The number of rotatable bonds is 8. The lowest BCUT2D eigenvalue weighted by Gasteiger charge is -2.19. The number of hydrogen-bond donors (Lipinski definition) is 5. The molecule has 1 aromatic heterocycles. The number of hydrogen-bond acceptors (Lipinski definition) is 4. The van der Waals surface area contributed by atoms with Crippen LogP contribution in [0.1, 0.15) is 18.1 Å². The van der Waals surface area contributed by atoms with E-state index < -0.39 is 12.1 Å². The zero-order chi connectivity index (χ0) is 18.9. The molecule has 0 radical (unpaired) electrons. The van der Waals surface area contributed by atoms with Crippen LogP contribution in [0.2, 0.25) is 0 Å². The molecule has 0 bridgehead atoms. The molecule has 3 amide bonds. The minimum Gasteiger partial charge on any atom is -0.508 e. The first-order chi connectivity index (χ1) is 12.4. The number of carboxylic acid groups (broad SMARTS) is 1. The summed E-state index contributed by atoms with van der Waals surface area (Å²) in [6, 6.07) is 7.69. The molecule has 0 aliphatic carbocycles. The van der Waals surface area contributed by atoms with Crippen molar-refractivity contribution in [2.24, 2.45) is 0 Å². The lowest BCUT2D eigenvalue weighted by molar-refractivity contribution is 0.189. The fourth-order valence-electron chi connectivity index (χ4n) is 2.57. The molecular weight excluding hydrogens is 354 g/mol. The molecule has 0 aliphatic heterocycles. The smallest absolute Gasteiger partial charge is 0.404 e. The molecule has 26 heavy (non-hydrogen) atoms. The predicted octanol–water partition coefficient (Wildman–Crippen LogP) is 2.56. The molecule has 0 spiro atoms. The van der Waals surface area contributed by atoms with Gasteiger partial charge in [-0.25, -0.2) is 9.59 Å². The fraction of sp³-hybridized carbons (Fsp3) is 0.333. The van der Waals surface area contributed by atoms with Crippen molar-refractivity contribution in [3.63, 3.8) is 0 Å². The monoisotopic (exact) mass is 377 g/mol. The molecular formula is C18H23N3O4S. The SMILES string of the molecule is C[C@@H](Cc1ccsc1)NC(=O)NC[C@H](Cc1ccc(O)cc1)NC(=O)O. The number of nitrogens with one attached hydrogen (secondary N) is 3. The average Bonchev–Trinajstić information content (AvgIpc) is 3.07. The largest absolute Gasteiger partial charge is 0.508 e. The van der Waals surface area contributed by atoms with Crippen LogP contribution >= 0.6 is 11.3 Å². The Labute approximate surface area is 156 Å². The molecule has 0 fully saturated rings. The number of phenolic OH excluding ortho intramolecular Hbond substituents is 1. The topological polar surface area (TPSA) is 111 Å². The Morgan fingerprint density at radius 3 is 2.42 bits per heavy atom. The van der Waals surface area contributed by atoms with Crippen molar-refractivity contribution in [1.29, 1.82) is 0 Å². The van der Waals surface area contributed by atoms with Gasteiger partial charge in [0.15, 0.2) is 0 Å². The summed E-state index contributed by atoms with van der Waals surface area (Å²) in [5, 5.41) is 30.3. The summed E-state index contributed by atoms with van der Waals surface area (Å²) in [5.41, 5.74) is 2.02. The van der Waals surface area contributed by atoms with Crippen molar-refractivity contribution in [1.82, 2.24) is 16.0 Å². The minimum absolute atomic E-state index is 0.0346. The van der Waals surface area contributed by atoms with Crippen LogP contribution in [0.4, 0.5) is 9.59 Å². The van der Waals surface area contributed by atoms with E-state index in [0.29, 0.717) is 6.42 Å². The summed E-state index contributed by atoms with van der Waals surface area (Å²) >= 11 is 1.61. The Balaban J connectivity index is 1.82. The average molecular weight is 377 g/mol. The molecule has 0 unspecified atom stereocenters. The molecule has 5 N–H and O–H groups in total. The van der Waals surface area contributed by atoms with Crippen molar-refractivity contribution in [2.45, 2.75) is 31.8 Å². The van der Waals surface area contributed by atoms with Gasteiger partial charge in [-0.2, -0.15) is 11.3 Å². The number of amides is 3. The van der Waals surface area contributed by atoms with Crippen LogP contribution in [0.5, 0.6) is 5.75 Å². The second-order valence-corrected chi connectivity index (χ2v) is 6.89. The number of benzene rings is 1. The molecule has 140 valence electrons. The maximum absolute atomic E-state index is 12.0. The van der Waals surface area contributed by atoms with Gasteiger partial charge in [-0.3, -0.25) is 0 Å². The van der Waals surface area contributed by atoms with Gasteiger partial charge in [0.1, 0.15) is 5.75 Å². The van der Waals surface area contributed by atoms with E-state index in [1.807, 2.05) is 23.8 Å². The minimum atomic E-state index is -1.15. The summed E-state index contributed by atoms with van der Waals surface area (Å²) in [4.78, 5) is 23.0. The third-order valence-electron chi connectivity index (χ3n) is 3.75. The number of carbonyl (C=O) groups is 2. The molecule has 2 rings (SSSR count). The standard InChI is InChI=1S/C18H23N3O4S/c1-12(8-14-6-7-26-11-14)20-17(23)19-10-15(21-18(24)25)9-13-2-4-16(22)5-3-13/h2-7,11-12,15,21-22H,8-10H2,1H3,(H,24,25)(H2,19,20,23)/t12-,15-/m0/s1. The Morgan fingerprint density at radius 2 is 1.81 bits per heavy atom. The van der Waals surface area contributed by atoms with Crippen molar-refractivity contribution >= 4 is 23.5 Å². The van der Waals surface area contributed by atoms with Gasteiger partial charge in [0.05, 0.1) is 6.04 Å². The van der Waals surface area contributed by atoms with E-state index in [1.165, 1.54) is 5.56 Å². The van der Waals surface area contributed by atoms with Gasteiger partial charge in [0.2, 0.25) is 0 Å². The first-order valence-electron chi connectivity index (χ1n) is 8.25. The molecule has 8 heteroatoms. The number of phenols is 1.